The molecule has 0 saturated heterocycles. The molecule has 0 amide bonds. The van der Waals surface area contributed by atoms with Gasteiger partial charge in [0.05, 0.1) is 11.9 Å². The van der Waals surface area contributed by atoms with Gasteiger partial charge in [-0.3, -0.25) is 5.43 Å². The van der Waals surface area contributed by atoms with Gasteiger partial charge in [0.2, 0.25) is 10.0 Å². The molecule has 4 aromatic rings. The SMILES string of the molecule is CCN(CC)S(=O)(=O)c1ccc(NN=Cc2c(-c3ccccc3)[nH]c3ccccc23)nc1. The first-order chi connectivity index (χ1) is 15.5. The number of hydrazone groups is 1. The predicted molar refractivity (Wildman–Crippen MR) is 129 cm³/mol. The first kappa shape index (κ1) is 21.7. The van der Waals surface area contributed by atoms with Crippen LogP contribution in [0.5, 0.6) is 0 Å². The summed E-state index contributed by atoms with van der Waals surface area (Å²) in [6.07, 6.45) is 3.11. The summed E-state index contributed by atoms with van der Waals surface area (Å²) in [6, 6.07) is 21.3. The fourth-order valence-electron chi connectivity index (χ4n) is 3.60. The van der Waals surface area contributed by atoms with Crippen molar-refractivity contribution in [1.82, 2.24) is 14.3 Å². The van der Waals surface area contributed by atoms with E-state index in [2.05, 4.69) is 20.5 Å². The van der Waals surface area contributed by atoms with Gasteiger partial charge >= 0.3 is 0 Å². The lowest BCUT2D eigenvalue weighted by Gasteiger charge is -2.18. The van der Waals surface area contributed by atoms with Crippen LogP contribution in [0.2, 0.25) is 0 Å². The monoisotopic (exact) mass is 447 g/mol. The highest BCUT2D eigenvalue weighted by molar-refractivity contribution is 7.89. The third-order valence-electron chi connectivity index (χ3n) is 5.26. The van der Waals surface area contributed by atoms with Crippen LogP contribution >= 0.6 is 0 Å². The smallest absolute Gasteiger partial charge is 0.244 e. The van der Waals surface area contributed by atoms with E-state index in [1.807, 2.05) is 68.4 Å². The van der Waals surface area contributed by atoms with E-state index in [9.17, 15) is 8.42 Å². The van der Waals surface area contributed by atoms with E-state index in [-0.39, 0.29) is 4.90 Å². The van der Waals surface area contributed by atoms with Gasteiger partial charge < -0.3 is 4.98 Å². The molecule has 0 unspecified atom stereocenters. The average molecular weight is 448 g/mol. The Morgan fingerprint density at radius 1 is 1.00 bits per heavy atom. The van der Waals surface area contributed by atoms with Crippen molar-refractivity contribution < 1.29 is 8.42 Å². The number of para-hydroxylation sites is 1. The van der Waals surface area contributed by atoms with Crippen LogP contribution in [0.25, 0.3) is 22.2 Å². The molecule has 0 aliphatic carbocycles. The molecule has 0 spiro atoms. The Labute approximate surface area is 187 Å². The topological polar surface area (TPSA) is 90.5 Å². The molecule has 7 nitrogen and oxygen atoms in total. The third kappa shape index (κ3) is 4.28. The summed E-state index contributed by atoms with van der Waals surface area (Å²) < 4.78 is 26.6. The second-order valence-corrected chi connectivity index (χ2v) is 9.10. The van der Waals surface area contributed by atoms with Gasteiger partial charge in [0.25, 0.3) is 0 Å². The summed E-state index contributed by atoms with van der Waals surface area (Å²) in [4.78, 5) is 7.85. The Kier molecular flexibility index (Phi) is 6.34. The van der Waals surface area contributed by atoms with Crippen molar-refractivity contribution in [3.05, 3.63) is 78.5 Å². The molecule has 32 heavy (non-hydrogen) atoms. The Morgan fingerprint density at radius 3 is 2.41 bits per heavy atom. The van der Waals surface area contributed by atoms with Gasteiger partial charge in [-0.05, 0) is 23.8 Å². The summed E-state index contributed by atoms with van der Waals surface area (Å²) in [5, 5.41) is 5.42. The number of benzene rings is 2. The fraction of sp³-hybridized carbons (Fsp3) is 0.167. The zero-order valence-corrected chi connectivity index (χ0v) is 18.8. The van der Waals surface area contributed by atoms with Crippen LogP contribution in [0.3, 0.4) is 0 Å². The van der Waals surface area contributed by atoms with Crippen molar-refractivity contribution in [2.45, 2.75) is 18.7 Å². The molecular formula is C24H25N5O2S. The summed E-state index contributed by atoms with van der Waals surface area (Å²) in [5.74, 6) is 0.459. The molecule has 2 aromatic heterocycles. The number of sulfonamides is 1. The minimum Gasteiger partial charge on any atom is -0.354 e. The molecule has 0 bridgehead atoms. The zero-order chi connectivity index (χ0) is 22.6. The second-order valence-electron chi connectivity index (χ2n) is 7.16. The zero-order valence-electron chi connectivity index (χ0n) is 18.0. The normalized spacial score (nSPS) is 12.1. The molecule has 8 heteroatoms. The van der Waals surface area contributed by atoms with Gasteiger partial charge in [-0.2, -0.15) is 9.41 Å². The lowest BCUT2D eigenvalue weighted by molar-refractivity contribution is 0.445. The molecule has 0 saturated carbocycles. The van der Waals surface area contributed by atoms with Crippen LogP contribution in [-0.4, -0.2) is 42.0 Å². The van der Waals surface area contributed by atoms with Crippen molar-refractivity contribution in [1.29, 1.82) is 0 Å². The highest BCUT2D eigenvalue weighted by Gasteiger charge is 2.21. The molecular weight excluding hydrogens is 422 g/mol. The largest absolute Gasteiger partial charge is 0.354 e. The van der Waals surface area contributed by atoms with Crippen LogP contribution in [-0.2, 0) is 10.0 Å². The highest BCUT2D eigenvalue weighted by Crippen LogP contribution is 2.29. The Morgan fingerprint density at radius 2 is 1.72 bits per heavy atom. The van der Waals surface area contributed by atoms with Crippen LogP contribution in [0.15, 0.2) is 82.9 Å². The van der Waals surface area contributed by atoms with E-state index in [1.165, 1.54) is 10.5 Å². The number of anilines is 1. The van der Waals surface area contributed by atoms with E-state index >= 15 is 0 Å². The van der Waals surface area contributed by atoms with E-state index in [0.717, 1.165) is 27.7 Å². The number of hydrogen-bond donors (Lipinski definition) is 2. The molecule has 0 radical (unpaired) electrons. The van der Waals surface area contributed by atoms with Crippen LogP contribution in [0.1, 0.15) is 19.4 Å². The molecule has 0 atom stereocenters. The van der Waals surface area contributed by atoms with Crippen LogP contribution < -0.4 is 5.43 Å². The highest BCUT2D eigenvalue weighted by atomic mass is 32.2. The number of nitrogens with one attached hydrogen (secondary N) is 2. The van der Waals surface area contributed by atoms with Crippen molar-refractivity contribution in [2.75, 3.05) is 18.5 Å². The van der Waals surface area contributed by atoms with Gasteiger partial charge in [-0.25, -0.2) is 13.4 Å². The van der Waals surface area contributed by atoms with Crippen LogP contribution in [0, 0.1) is 0 Å². The maximum Gasteiger partial charge on any atom is 0.244 e. The second kappa shape index (κ2) is 9.33. The summed E-state index contributed by atoms with van der Waals surface area (Å²) in [6.45, 7) is 4.45. The van der Waals surface area contributed by atoms with Crippen molar-refractivity contribution in [3.8, 4) is 11.3 Å². The Balaban J connectivity index is 1.59. The van der Waals surface area contributed by atoms with Gasteiger partial charge in [0, 0.05) is 35.8 Å². The van der Waals surface area contributed by atoms with Gasteiger partial charge in [-0.1, -0.05) is 62.4 Å². The summed E-state index contributed by atoms with van der Waals surface area (Å²) in [7, 11) is -3.53. The van der Waals surface area contributed by atoms with E-state index in [1.54, 1.807) is 18.3 Å². The number of aromatic nitrogens is 2. The van der Waals surface area contributed by atoms with Crippen LogP contribution in [0.4, 0.5) is 5.82 Å². The number of rotatable bonds is 8. The molecule has 0 aliphatic heterocycles. The average Bonchev–Trinajstić information content (AvgIpc) is 3.19. The number of aromatic amines is 1. The van der Waals surface area contributed by atoms with Gasteiger partial charge in [-0.15, -0.1) is 0 Å². The Bertz CT molecular complexity index is 1330. The number of H-pyrrole nitrogens is 1. The molecule has 0 fully saturated rings. The molecule has 4 rings (SSSR count). The third-order valence-corrected chi connectivity index (χ3v) is 7.29. The maximum atomic E-state index is 12.6. The summed E-state index contributed by atoms with van der Waals surface area (Å²) in [5.41, 5.74) is 6.92. The first-order valence-electron chi connectivity index (χ1n) is 10.5. The van der Waals surface area contributed by atoms with E-state index in [0.29, 0.717) is 18.9 Å². The lowest BCUT2D eigenvalue weighted by atomic mass is 10.1. The number of hydrogen-bond acceptors (Lipinski definition) is 5. The van der Waals surface area contributed by atoms with Crippen molar-refractivity contribution >= 4 is 33.0 Å². The fourth-order valence-corrected chi connectivity index (χ4v) is 5.01. The quantitative estimate of drug-likeness (QED) is 0.302. The van der Waals surface area contributed by atoms with Gasteiger partial charge in [0.15, 0.2) is 0 Å². The molecule has 2 N–H and O–H groups in total. The number of nitrogens with zero attached hydrogens (tertiary/aromatic N) is 3. The minimum atomic E-state index is -3.53. The Hall–Kier alpha value is -3.49. The number of pyridine rings is 1. The standard InChI is InChI=1S/C24H25N5O2S/c1-3-29(4-2)32(30,31)19-14-15-23(25-16-19)28-26-17-21-20-12-8-9-13-22(20)27-24(21)18-10-6-5-7-11-18/h5-17,27H,3-4H2,1-2H3,(H,25,28). The van der Waals surface area contributed by atoms with E-state index < -0.39 is 10.0 Å². The van der Waals surface area contributed by atoms with Crippen molar-refractivity contribution in [3.63, 3.8) is 0 Å². The predicted octanol–water partition coefficient (Wildman–Crippen LogP) is 4.71. The molecule has 2 heterocycles. The number of fused-ring (bicyclic) bond motifs is 1. The summed E-state index contributed by atoms with van der Waals surface area (Å²) >= 11 is 0. The van der Waals surface area contributed by atoms with E-state index in [4.69, 9.17) is 0 Å². The molecule has 164 valence electrons. The molecule has 2 aromatic carbocycles. The molecule has 0 aliphatic rings. The lowest BCUT2D eigenvalue weighted by Crippen LogP contribution is -2.30. The maximum absolute atomic E-state index is 12.6. The van der Waals surface area contributed by atoms with Crippen molar-refractivity contribution in [2.24, 2.45) is 5.10 Å². The minimum absolute atomic E-state index is 0.165. The first-order valence-corrected chi connectivity index (χ1v) is 11.9. The van der Waals surface area contributed by atoms with Gasteiger partial charge in [0.1, 0.15) is 10.7 Å².